The maximum absolute atomic E-state index is 12.3. The van der Waals surface area contributed by atoms with Crippen LogP contribution in [0.2, 0.25) is 0 Å². The SMILES string of the molecule is Cl.NC1CCCC1C(=O)NC1CCC(c2ccccc2)CC1. The Morgan fingerprint density at radius 2 is 1.68 bits per heavy atom. The van der Waals surface area contributed by atoms with Crippen LogP contribution in [0.4, 0.5) is 0 Å². The topological polar surface area (TPSA) is 55.1 Å². The predicted octanol–water partition coefficient (Wildman–Crippen LogP) is 3.38. The molecule has 1 aromatic rings. The van der Waals surface area contributed by atoms with Gasteiger partial charge in [-0.3, -0.25) is 4.79 Å². The first-order valence-electron chi connectivity index (χ1n) is 8.35. The molecule has 2 atom stereocenters. The zero-order valence-corrected chi connectivity index (χ0v) is 13.9. The van der Waals surface area contributed by atoms with Crippen LogP contribution in [-0.2, 0) is 4.79 Å². The number of nitrogens with two attached hydrogens (primary N) is 1. The summed E-state index contributed by atoms with van der Waals surface area (Å²) in [6, 6.07) is 11.2. The molecular formula is C18H27ClN2O. The van der Waals surface area contributed by atoms with E-state index in [0.717, 1.165) is 32.1 Å². The van der Waals surface area contributed by atoms with Gasteiger partial charge >= 0.3 is 0 Å². The van der Waals surface area contributed by atoms with Gasteiger partial charge in [-0.2, -0.15) is 0 Å². The predicted molar refractivity (Wildman–Crippen MR) is 92.1 cm³/mol. The first kappa shape index (κ1) is 17.3. The Kier molecular flexibility index (Phi) is 6.27. The van der Waals surface area contributed by atoms with Crippen LogP contribution in [0.5, 0.6) is 0 Å². The van der Waals surface area contributed by atoms with Crippen LogP contribution in [0.25, 0.3) is 0 Å². The monoisotopic (exact) mass is 322 g/mol. The Bertz CT molecular complexity index is 471. The van der Waals surface area contributed by atoms with Gasteiger partial charge in [0, 0.05) is 12.1 Å². The van der Waals surface area contributed by atoms with Gasteiger partial charge in [0.1, 0.15) is 0 Å². The summed E-state index contributed by atoms with van der Waals surface area (Å²) in [6.45, 7) is 0. The quantitative estimate of drug-likeness (QED) is 0.896. The molecule has 122 valence electrons. The second-order valence-corrected chi connectivity index (χ2v) is 6.67. The molecule has 0 spiro atoms. The maximum atomic E-state index is 12.3. The van der Waals surface area contributed by atoms with Gasteiger partial charge in [0.05, 0.1) is 5.92 Å². The molecule has 0 radical (unpaired) electrons. The molecule has 2 fully saturated rings. The summed E-state index contributed by atoms with van der Waals surface area (Å²) < 4.78 is 0. The van der Waals surface area contributed by atoms with Crippen molar-refractivity contribution >= 4 is 18.3 Å². The fourth-order valence-corrected chi connectivity index (χ4v) is 3.92. The number of hydrogen-bond acceptors (Lipinski definition) is 2. The Labute approximate surface area is 139 Å². The van der Waals surface area contributed by atoms with E-state index in [9.17, 15) is 4.79 Å². The lowest BCUT2D eigenvalue weighted by Crippen LogP contribution is -2.44. The van der Waals surface area contributed by atoms with Crippen molar-refractivity contribution in [3.8, 4) is 0 Å². The van der Waals surface area contributed by atoms with E-state index < -0.39 is 0 Å². The number of rotatable bonds is 3. The van der Waals surface area contributed by atoms with Gasteiger partial charge in [-0.25, -0.2) is 0 Å². The number of amides is 1. The van der Waals surface area contributed by atoms with Gasteiger partial charge in [-0.1, -0.05) is 36.8 Å². The zero-order valence-electron chi connectivity index (χ0n) is 13.0. The van der Waals surface area contributed by atoms with Gasteiger partial charge in [-0.15, -0.1) is 12.4 Å². The summed E-state index contributed by atoms with van der Waals surface area (Å²) in [6.07, 6.45) is 7.59. The molecule has 1 amide bonds. The second kappa shape index (κ2) is 7.98. The van der Waals surface area contributed by atoms with E-state index in [1.807, 2.05) is 0 Å². The number of nitrogens with one attached hydrogen (secondary N) is 1. The van der Waals surface area contributed by atoms with Crippen molar-refractivity contribution in [1.82, 2.24) is 5.32 Å². The number of carbonyl (C=O) groups is 1. The summed E-state index contributed by atoms with van der Waals surface area (Å²) in [4.78, 5) is 12.3. The Balaban J connectivity index is 0.00000176. The number of carbonyl (C=O) groups excluding carboxylic acids is 1. The van der Waals surface area contributed by atoms with E-state index in [-0.39, 0.29) is 30.3 Å². The van der Waals surface area contributed by atoms with E-state index in [0.29, 0.717) is 12.0 Å². The van der Waals surface area contributed by atoms with Gasteiger partial charge in [-0.05, 0) is 50.0 Å². The van der Waals surface area contributed by atoms with Crippen molar-refractivity contribution in [3.05, 3.63) is 35.9 Å². The Morgan fingerprint density at radius 1 is 1.00 bits per heavy atom. The summed E-state index contributed by atoms with van der Waals surface area (Å²) in [7, 11) is 0. The minimum atomic E-state index is 0. The third kappa shape index (κ3) is 4.02. The van der Waals surface area contributed by atoms with E-state index >= 15 is 0 Å². The molecule has 2 saturated carbocycles. The van der Waals surface area contributed by atoms with Crippen LogP contribution >= 0.6 is 12.4 Å². The minimum Gasteiger partial charge on any atom is -0.353 e. The highest BCUT2D eigenvalue weighted by Crippen LogP contribution is 2.33. The van der Waals surface area contributed by atoms with Gasteiger partial charge in [0.2, 0.25) is 5.91 Å². The smallest absolute Gasteiger partial charge is 0.224 e. The lowest BCUT2D eigenvalue weighted by Gasteiger charge is -2.30. The average Bonchev–Trinajstić information content (AvgIpc) is 2.95. The van der Waals surface area contributed by atoms with Crippen molar-refractivity contribution in [3.63, 3.8) is 0 Å². The van der Waals surface area contributed by atoms with Gasteiger partial charge in [0.25, 0.3) is 0 Å². The fourth-order valence-electron chi connectivity index (χ4n) is 3.92. The van der Waals surface area contributed by atoms with Crippen molar-refractivity contribution in [2.24, 2.45) is 11.7 Å². The third-order valence-electron chi connectivity index (χ3n) is 5.25. The molecule has 22 heavy (non-hydrogen) atoms. The summed E-state index contributed by atoms with van der Waals surface area (Å²) in [5.41, 5.74) is 7.47. The van der Waals surface area contributed by atoms with Crippen molar-refractivity contribution < 1.29 is 4.79 Å². The molecule has 4 heteroatoms. The molecule has 3 N–H and O–H groups in total. The number of halogens is 1. The zero-order chi connectivity index (χ0) is 14.7. The van der Waals surface area contributed by atoms with Gasteiger partial charge in [0.15, 0.2) is 0 Å². The number of hydrogen-bond donors (Lipinski definition) is 2. The average molecular weight is 323 g/mol. The molecule has 2 aliphatic rings. The van der Waals surface area contributed by atoms with E-state index in [4.69, 9.17) is 5.73 Å². The highest BCUT2D eigenvalue weighted by molar-refractivity contribution is 5.85. The standard InChI is InChI=1S/C18H26N2O.ClH/c19-17-8-4-7-16(17)18(21)20-15-11-9-14(10-12-15)13-5-2-1-3-6-13;/h1-3,5-6,14-17H,4,7-12,19H2,(H,20,21);1H. The summed E-state index contributed by atoms with van der Waals surface area (Å²) in [5.74, 6) is 0.910. The lowest BCUT2D eigenvalue weighted by molar-refractivity contribution is -0.126. The van der Waals surface area contributed by atoms with E-state index in [1.54, 1.807) is 0 Å². The molecule has 0 aliphatic heterocycles. The number of benzene rings is 1. The minimum absolute atomic E-state index is 0. The largest absolute Gasteiger partial charge is 0.353 e. The van der Waals surface area contributed by atoms with Crippen LogP contribution in [-0.4, -0.2) is 18.0 Å². The molecule has 0 heterocycles. The molecular weight excluding hydrogens is 296 g/mol. The van der Waals surface area contributed by atoms with Crippen LogP contribution in [0.15, 0.2) is 30.3 Å². The van der Waals surface area contributed by atoms with E-state index in [2.05, 4.69) is 35.6 Å². The highest BCUT2D eigenvalue weighted by Gasteiger charge is 2.32. The van der Waals surface area contributed by atoms with Gasteiger partial charge < -0.3 is 11.1 Å². The summed E-state index contributed by atoms with van der Waals surface area (Å²) >= 11 is 0. The first-order chi connectivity index (χ1) is 10.2. The van der Waals surface area contributed by atoms with E-state index in [1.165, 1.54) is 18.4 Å². The maximum Gasteiger partial charge on any atom is 0.224 e. The van der Waals surface area contributed by atoms with Crippen LogP contribution in [0, 0.1) is 5.92 Å². The fraction of sp³-hybridized carbons (Fsp3) is 0.611. The molecule has 3 nitrogen and oxygen atoms in total. The van der Waals surface area contributed by atoms with Crippen molar-refractivity contribution in [2.75, 3.05) is 0 Å². The van der Waals surface area contributed by atoms with Crippen LogP contribution in [0.1, 0.15) is 56.4 Å². The Hall–Kier alpha value is -1.06. The van der Waals surface area contributed by atoms with Crippen LogP contribution < -0.4 is 11.1 Å². The lowest BCUT2D eigenvalue weighted by atomic mass is 9.81. The molecule has 2 aliphatic carbocycles. The molecule has 3 rings (SSSR count). The summed E-state index contributed by atoms with van der Waals surface area (Å²) in [5, 5.41) is 3.24. The molecule has 1 aromatic carbocycles. The molecule has 0 bridgehead atoms. The van der Waals surface area contributed by atoms with Crippen molar-refractivity contribution in [1.29, 1.82) is 0 Å². The Morgan fingerprint density at radius 3 is 2.27 bits per heavy atom. The molecule has 2 unspecified atom stereocenters. The normalized spacial score (nSPS) is 31.3. The highest BCUT2D eigenvalue weighted by atomic mass is 35.5. The second-order valence-electron chi connectivity index (χ2n) is 6.67. The third-order valence-corrected chi connectivity index (χ3v) is 5.25. The van der Waals surface area contributed by atoms with Crippen LogP contribution in [0.3, 0.4) is 0 Å². The molecule has 0 saturated heterocycles. The molecule has 0 aromatic heterocycles. The first-order valence-corrected chi connectivity index (χ1v) is 8.35. The van der Waals surface area contributed by atoms with Crippen molar-refractivity contribution in [2.45, 2.75) is 62.9 Å².